The number of nitrogens with one attached hydrogen (secondary N) is 2. The van der Waals surface area contributed by atoms with Gasteiger partial charge in [-0.25, -0.2) is 4.79 Å². The zero-order valence-electron chi connectivity index (χ0n) is 17.4. The Hall–Kier alpha value is -2.20. The molecule has 1 rings (SSSR count). The van der Waals surface area contributed by atoms with Gasteiger partial charge in [0.1, 0.15) is 25.2 Å². The van der Waals surface area contributed by atoms with E-state index in [-0.39, 0.29) is 32.3 Å². The lowest BCUT2D eigenvalue weighted by Gasteiger charge is -2.15. The number of ether oxygens (including phenoxy) is 4. The quantitative estimate of drug-likeness (QED) is 0.219. The Morgan fingerprint density at radius 2 is 1.97 bits per heavy atom. The van der Waals surface area contributed by atoms with Crippen molar-refractivity contribution in [3.8, 4) is 5.75 Å². The average molecular weight is 411 g/mol. The number of amides is 1. The minimum Gasteiger partial charge on any atom is -0.489 e. The molecule has 1 atom stereocenters. The van der Waals surface area contributed by atoms with Gasteiger partial charge in [-0.1, -0.05) is 19.9 Å². The van der Waals surface area contributed by atoms with Gasteiger partial charge < -0.3 is 35.3 Å². The van der Waals surface area contributed by atoms with E-state index >= 15 is 0 Å². The number of rotatable bonds is 15. The third-order valence-corrected chi connectivity index (χ3v) is 3.56. The first kappa shape index (κ1) is 24.8. The number of carbonyl (C=O) groups is 2. The summed E-state index contributed by atoms with van der Waals surface area (Å²) in [6.45, 7) is 7.82. The van der Waals surface area contributed by atoms with Gasteiger partial charge in [-0.15, -0.1) is 0 Å². The molecule has 164 valence electrons. The molecule has 0 heterocycles. The Kier molecular flexibility index (Phi) is 12.6. The molecule has 1 aromatic rings. The second kappa shape index (κ2) is 14.7. The van der Waals surface area contributed by atoms with Gasteiger partial charge in [-0.05, 0) is 25.1 Å². The zero-order valence-corrected chi connectivity index (χ0v) is 17.4. The van der Waals surface area contributed by atoms with Gasteiger partial charge in [0.05, 0.1) is 19.8 Å². The monoisotopic (exact) mass is 411 g/mol. The molecule has 0 aliphatic carbocycles. The number of hydrogen-bond donors (Lipinski definition) is 3. The maximum Gasteiger partial charge on any atom is 0.332 e. The molecular formula is C20H33N3O6. The molecule has 29 heavy (non-hydrogen) atoms. The maximum absolute atomic E-state index is 12.2. The van der Waals surface area contributed by atoms with E-state index in [2.05, 4.69) is 10.6 Å². The lowest BCUT2D eigenvalue weighted by molar-refractivity contribution is -0.149. The lowest BCUT2D eigenvalue weighted by atomic mass is 10.2. The number of hydrogen-bond acceptors (Lipinski definition) is 8. The van der Waals surface area contributed by atoms with Crippen LogP contribution >= 0.6 is 0 Å². The standard InChI is InChI=1S/C20H33N3O6/c1-4-27-19(24)14-26-10-11-28-18(21)13-29-17-7-5-6-16(12-17)20(25)23-9-8-22-15(2)3/h5-7,12,15,18,22H,4,8-11,13-14,21H2,1-3H3,(H,23,25). The van der Waals surface area contributed by atoms with Gasteiger partial charge >= 0.3 is 5.97 Å². The molecule has 0 saturated carbocycles. The van der Waals surface area contributed by atoms with Crippen molar-refractivity contribution < 1.29 is 28.5 Å². The fraction of sp³-hybridized carbons (Fsp3) is 0.600. The second-order valence-electron chi connectivity index (χ2n) is 6.47. The summed E-state index contributed by atoms with van der Waals surface area (Å²) in [5.74, 6) is -0.0592. The molecule has 1 aromatic carbocycles. The number of benzene rings is 1. The average Bonchev–Trinajstić information content (AvgIpc) is 2.69. The van der Waals surface area contributed by atoms with Gasteiger partial charge in [-0.3, -0.25) is 4.79 Å². The Balaban J connectivity index is 2.25. The molecule has 9 nitrogen and oxygen atoms in total. The number of nitrogens with two attached hydrogens (primary N) is 1. The van der Waals surface area contributed by atoms with Crippen LogP contribution in [0.3, 0.4) is 0 Å². The third kappa shape index (κ3) is 12.1. The van der Waals surface area contributed by atoms with Crippen molar-refractivity contribution in [3.05, 3.63) is 29.8 Å². The van der Waals surface area contributed by atoms with Gasteiger partial charge in [-0.2, -0.15) is 0 Å². The van der Waals surface area contributed by atoms with Crippen LogP contribution in [-0.4, -0.2) is 70.3 Å². The highest BCUT2D eigenvalue weighted by molar-refractivity contribution is 5.94. The molecule has 0 saturated heterocycles. The van der Waals surface area contributed by atoms with Crippen LogP contribution in [0.2, 0.25) is 0 Å². The van der Waals surface area contributed by atoms with E-state index in [1.165, 1.54) is 0 Å². The summed E-state index contributed by atoms with van der Waals surface area (Å²) in [6, 6.07) is 7.23. The molecule has 0 aromatic heterocycles. The van der Waals surface area contributed by atoms with Crippen molar-refractivity contribution in [3.63, 3.8) is 0 Å². The van der Waals surface area contributed by atoms with Crippen LogP contribution in [-0.2, 0) is 19.0 Å². The highest BCUT2D eigenvalue weighted by Gasteiger charge is 2.09. The predicted molar refractivity (Wildman–Crippen MR) is 109 cm³/mol. The van der Waals surface area contributed by atoms with E-state index < -0.39 is 12.2 Å². The smallest absolute Gasteiger partial charge is 0.332 e. The molecule has 0 fully saturated rings. The Bertz CT molecular complexity index is 612. The largest absolute Gasteiger partial charge is 0.489 e. The minimum atomic E-state index is -0.666. The van der Waals surface area contributed by atoms with Crippen molar-refractivity contribution in [2.24, 2.45) is 5.73 Å². The molecule has 0 spiro atoms. The van der Waals surface area contributed by atoms with Gasteiger partial charge in [0.15, 0.2) is 0 Å². The van der Waals surface area contributed by atoms with Crippen LogP contribution in [0, 0.1) is 0 Å². The van der Waals surface area contributed by atoms with Crippen molar-refractivity contribution in [1.82, 2.24) is 10.6 Å². The summed E-state index contributed by atoms with van der Waals surface area (Å²) in [6.07, 6.45) is -0.666. The zero-order chi connectivity index (χ0) is 21.5. The Morgan fingerprint density at radius 3 is 2.69 bits per heavy atom. The van der Waals surface area contributed by atoms with E-state index in [0.29, 0.717) is 37.1 Å². The Morgan fingerprint density at radius 1 is 1.17 bits per heavy atom. The summed E-state index contributed by atoms with van der Waals surface area (Å²) in [7, 11) is 0. The topological polar surface area (TPSA) is 121 Å². The van der Waals surface area contributed by atoms with Gasteiger partial charge in [0.2, 0.25) is 0 Å². The number of esters is 1. The molecule has 0 aliphatic rings. The van der Waals surface area contributed by atoms with Crippen molar-refractivity contribution in [1.29, 1.82) is 0 Å². The van der Waals surface area contributed by atoms with Gasteiger partial charge in [0, 0.05) is 24.7 Å². The molecule has 0 aliphatic heterocycles. The number of carbonyl (C=O) groups excluding carboxylic acids is 2. The van der Waals surface area contributed by atoms with Crippen molar-refractivity contribution in [2.45, 2.75) is 33.0 Å². The summed E-state index contributed by atoms with van der Waals surface area (Å²) in [4.78, 5) is 23.3. The van der Waals surface area contributed by atoms with Crippen LogP contribution in [0.4, 0.5) is 0 Å². The van der Waals surface area contributed by atoms with E-state index in [9.17, 15) is 9.59 Å². The first-order valence-corrected chi connectivity index (χ1v) is 9.77. The van der Waals surface area contributed by atoms with Crippen molar-refractivity contribution >= 4 is 11.9 Å². The van der Waals surface area contributed by atoms with E-state index in [1.54, 1.807) is 31.2 Å². The molecule has 1 amide bonds. The molecule has 1 unspecified atom stereocenters. The van der Waals surface area contributed by atoms with Gasteiger partial charge in [0.25, 0.3) is 5.91 Å². The SMILES string of the molecule is CCOC(=O)COCCOC(N)COc1cccc(C(=O)NCCNC(C)C)c1. The summed E-state index contributed by atoms with van der Waals surface area (Å²) in [5.41, 5.74) is 6.34. The van der Waals surface area contributed by atoms with E-state index in [0.717, 1.165) is 0 Å². The van der Waals surface area contributed by atoms with E-state index in [1.807, 2.05) is 13.8 Å². The van der Waals surface area contributed by atoms with Crippen LogP contribution < -0.4 is 21.1 Å². The molecular weight excluding hydrogens is 378 g/mol. The first-order chi connectivity index (χ1) is 13.9. The molecule has 4 N–H and O–H groups in total. The summed E-state index contributed by atoms with van der Waals surface area (Å²) in [5, 5.41) is 6.08. The highest BCUT2D eigenvalue weighted by atomic mass is 16.6. The van der Waals surface area contributed by atoms with Crippen LogP contribution in [0.1, 0.15) is 31.1 Å². The van der Waals surface area contributed by atoms with Crippen molar-refractivity contribution in [2.75, 3.05) is 46.1 Å². The molecule has 0 radical (unpaired) electrons. The predicted octanol–water partition coefficient (Wildman–Crippen LogP) is 0.674. The Labute approximate surface area is 172 Å². The maximum atomic E-state index is 12.2. The second-order valence-corrected chi connectivity index (χ2v) is 6.47. The third-order valence-electron chi connectivity index (χ3n) is 3.56. The lowest BCUT2D eigenvalue weighted by Crippen LogP contribution is -2.34. The molecule has 0 bridgehead atoms. The molecule has 9 heteroatoms. The summed E-state index contributed by atoms with van der Waals surface area (Å²) < 4.78 is 20.8. The van der Waals surface area contributed by atoms with Crippen LogP contribution in [0.5, 0.6) is 5.75 Å². The fourth-order valence-electron chi connectivity index (χ4n) is 2.21. The van der Waals surface area contributed by atoms with Crippen LogP contribution in [0.15, 0.2) is 24.3 Å². The normalized spacial score (nSPS) is 11.9. The van der Waals surface area contributed by atoms with Crippen LogP contribution in [0.25, 0.3) is 0 Å². The minimum absolute atomic E-state index is 0.112. The van der Waals surface area contributed by atoms with E-state index in [4.69, 9.17) is 24.7 Å². The fourth-order valence-corrected chi connectivity index (χ4v) is 2.21. The highest BCUT2D eigenvalue weighted by Crippen LogP contribution is 2.13. The summed E-state index contributed by atoms with van der Waals surface area (Å²) >= 11 is 0. The first-order valence-electron chi connectivity index (χ1n) is 9.77.